The summed E-state index contributed by atoms with van der Waals surface area (Å²) in [4.78, 5) is 20.1. The van der Waals surface area contributed by atoms with E-state index >= 15 is 0 Å². The first-order valence-corrected chi connectivity index (χ1v) is 13.1. The van der Waals surface area contributed by atoms with Crippen LogP contribution in [0, 0.1) is 0 Å². The molecule has 0 atom stereocenters. The predicted molar refractivity (Wildman–Crippen MR) is 150 cm³/mol. The van der Waals surface area contributed by atoms with Gasteiger partial charge in [0.15, 0.2) is 0 Å². The molecule has 4 rings (SSSR count). The molecule has 192 valence electrons. The summed E-state index contributed by atoms with van der Waals surface area (Å²) in [6, 6.07) is 15.8. The SMILES string of the molecule is C1CCC1.CC(=O)CCCCC=O.CCCCC.NC1=C(N)c2ccccc2Nc2ccccc21. The molecule has 0 unspecified atom stereocenters. The molecular weight excluding hydrogens is 434 g/mol. The fraction of sp³-hybridized carbons (Fsp3) is 0.467. The third-order valence-corrected chi connectivity index (χ3v) is 5.80. The Balaban J connectivity index is 0.000000284. The number of hydrogen-bond acceptors (Lipinski definition) is 5. The lowest BCUT2D eigenvalue weighted by Gasteiger charge is -2.09. The zero-order chi connectivity index (χ0) is 25.9. The molecule has 0 aromatic heterocycles. The Labute approximate surface area is 212 Å². The second-order valence-corrected chi connectivity index (χ2v) is 8.93. The number of ketones is 1. The molecule has 1 saturated carbocycles. The zero-order valence-corrected chi connectivity index (χ0v) is 21.9. The summed E-state index contributed by atoms with van der Waals surface area (Å²) >= 11 is 0. The van der Waals surface area contributed by atoms with Crippen LogP contribution in [0.15, 0.2) is 48.5 Å². The topological polar surface area (TPSA) is 98.2 Å². The quantitative estimate of drug-likeness (QED) is 0.281. The van der Waals surface area contributed by atoms with Gasteiger partial charge in [0, 0.05) is 35.3 Å². The molecular formula is C30H45N3O2. The van der Waals surface area contributed by atoms with Crippen LogP contribution in [0.25, 0.3) is 11.4 Å². The summed E-state index contributed by atoms with van der Waals surface area (Å²) in [6.45, 7) is 5.99. The van der Waals surface area contributed by atoms with E-state index in [2.05, 4.69) is 19.2 Å². The predicted octanol–water partition coefficient (Wildman–Crippen LogP) is 7.58. The van der Waals surface area contributed by atoms with Crippen molar-refractivity contribution in [2.45, 2.75) is 91.4 Å². The minimum absolute atomic E-state index is 0.209. The van der Waals surface area contributed by atoms with Crippen molar-refractivity contribution in [3.8, 4) is 0 Å². The second kappa shape index (κ2) is 18.3. The van der Waals surface area contributed by atoms with E-state index in [4.69, 9.17) is 11.5 Å². The van der Waals surface area contributed by atoms with Gasteiger partial charge in [0.1, 0.15) is 12.1 Å². The maximum Gasteiger partial charge on any atom is 0.129 e. The molecule has 1 aliphatic heterocycles. The minimum Gasteiger partial charge on any atom is -0.396 e. The van der Waals surface area contributed by atoms with Crippen LogP contribution in [0.1, 0.15) is 103 Å². The van der Waals surface area contributed by atoms with Crippen LogP contribution < -0.4 is 16.8 Å². The maximum atomic E-state index is 10.3. The number of unbranched alkanes of at least 4 members (excludes halogenated alkanes) is 4. The molecule has 2 aromatic rings. The van der Waals surface area contributed by atoms with Crippen LogP contribution in [0.3, 0.4) is 0 Å². The lowest BCUT2D eigenvalue weighted by Crippen LogP contribution is -2.06. The molecule has 0 amide bonds. The first-order valence-electron chi connectivity index (χ1n) is 13.1. The monoisotopic (exact) mass is 479 g/mol. The van der Waals surface area contributed by atoms with E-state index in [0.29, 0.717) is 24.2 Å². The molecule has 0 saturated heterocycles. The third kappa shape index (κ3) is 11.7. The molecule has 5 heteroatoms. The molecule has 0 radical (unpaired) electrons. The van der Waals surface area contributed by atoms with E-state index < -0.39 is 0 Å². The van der Waals surface area contributed by atoms with E-state index in [1.807, 2.05) is 48.5 Å². The van der Waals surface area contributed by atoms with Gasteiger partial charge < -0.3 is 26.4 Å². The number of rotatable bonds is 7. The first-order chi connectivity index (χ1) is 17.0. The lowest BCUT2D eigenvalue weighted by molar-refractivity contribution is -0.117. The van der Waals surface area contributed by atoms with Gasteiger partial charge in [-0.15, -0.1) is 0 Å². The van der Waals surface area contributed by atoms with Gasteiger partial charge in [-0.3, -0.25) is 0 Å². The Morgan fingerprint density at radius 1 is 0.800 bits per heavy atom. The van der Waals surface area contributed by atoms with Crippen LogP contribution in [-0.4, -0.2) is 12.1 Å². The normalized spacial score (nSPS) is 12.8. The molecule has 5 N–H and O–H groups in total. The van der Waals surface area contributed by atoms with Crippen LogP contribution in [-0.2, 0) is 9.59 Å². The molecule has 0 spiro atoms. The number of nitrogens with two attached hydrogens (primary N) is 2. The first kappa shape index (κ1) is 30.0. The highest BCUT2D eigenvalue weighted by molar-refractivity contribution is 5.98. The van der Waals surface area contributed by atoms with Gasteiger partial charge in [-0.1, -0.05) is 95.2 Å². The van der Waals surface area contributed by atoms with Crippen molar-refractivity contribution in [3.63, 3.8) is 0 Å². The number of carbonyl (C=O) groups is 2. The van der Waals surface area contributed by atoms with Gasteiger partial charge in [-0.25, -0.2) is 0 Å². The molecule has 1 aliphatic carbocycles. The Morgan fingerprint density at radius 2 is 1.26 bits per heavy atom. The summed E-state index contributed by atoms with van der Waals surface area (Å²) in [5.74, 6) is 0.209. The average Bonchev–Trinajstić information content (AvgIpc) is 2.92. The number of hydrogen-bond donors (Lipinski definition) is 3. The van der Waals surface area contributed by atoms with Crippen LogP contribution >= 0.6 is 0 Å². The lowest BCUT2D eigenvalue weighted by atomic mass is 10.0. The van der Waals surface area contributed by atoms with E-state index in [9.17, 15) is 9.59 Å². The summed E-state index contributed by atoms with van der Waals surface area (Å²) in [5, 5.41) is 3.36. The number of anilines is 2. The number of benzene rings is 2. The minimum atomic E-state index is 0.209. The highest BCUT2D eigenvalue weighted by Gasteiger charge is 2.16. The summed E-state index contributed by atoms with van der Waals surface area (Å²) < 4.78 is 0. The van der Waals surface area contributed by atoms with Gasteiger partial charge in [0.2, 0.25) is 0 Å². The van der Waals surface area contributed by atoms with Gasteiger partial charge in [0.25, 0.3) is 0 Å². The molecule has 2 aliphatic rings. The van der Waals surface area contributed by atoms with Crippen molar-refractivity contribution < 1.29 is 9.59 Å². The van der Waals surface area contributed by atoms with E-state index in [1.165, 1.54) is 44.9 Å². The van der Waals surface area contributed by atoms with Gasteiger partial charge in [0.05, 0.1) is 11.4 Å². The Hall–Kier alpha value is -3.08. The third-order valence-electron chi connectivity index (χ3n) is 5.80. The van der Waals surface area contributed by atoms with Crippen molar-refractivity contribution in [1.29, 1.82) is 0 Å². The standard InChI is InChI=1S/C14H13N3.C7H12O2.C5H12.C4H8/c15-13-9-5-1-3-7-11(9)17-12-8-4-2-6-10(12)14(13)16;1-7(9)5-3-2-4-6-8;1-3-5-4-2;1-2-4-3-1/h1-8,17H,15-16H2;6H,2-5H2,1H3;3-5H2,1-2H3;1-4H2. The molecule has 2 aromatic carbocycles. The fourth-order valence-corrected chi connectivity index (χ4v) is 3.29. The van der Waals surface area contributed by atoms with Crippen LogP contribution in [0.2, 0.25) is 0 Å². The smallest absolute Gasteiger partial charge is 0.129 e. The fourth-order valence-electron chi connectivity index (χ4n) is 3.29. The number of fused-ring (bicyclic) bond motifs is 2. The number of Topliss-reactive ketones (excluding diaryl/α,β-unsaturated/α-hetero) is 1. The molecule has 1 fully saturated rings. The molecule has 5 nitrogen and oxygen atoms in total. The average molecular weight is 480 g/mol. The van der Waals surface area contributed by atoms with Crippen molar-refractivity contribution >= 4 is 34.8 Å². The van der Waals surface area contributed by atoms with Crippen LogP contribution in [0.5, 0.6) is 0 Å². The van der Waals surface area contributed by atoms with E-state index in [1.54, 1.807) is 6.92 Å². The van der Waals surface area contributed by atoms with Crippen molar-refractivity contribution in [2.75, 3.05) is 5.32 Å². The highest BCUT2D eigenvalue weighted by atomic mass is 16.1. The molecule has 1 heterocycles. The Morgan fingerprint density at radius 3 is 1.60 bits per heavy atom. The van der Waals surface area contributed by atoms with E-state index in [-0.39, 0.29) is 5.78 Å². The van der Waals surface area contributed by atoms with Gasteiger partial charge in [-0.2, -0.15) is 0 Å². The van der Waals surface area contributed by atoms with E-state index in [0.717, 1.165) is 41.6 Å². The number of para-hydroxylation sites is 2. The molecule has 35 heavy (non-hydrogen) atoms. The Kier molecular flexibility index (Phi) is 15.6. The highest BCUT2D eigenvalue weighted by Crippen LogP contribution is 2.34. The van der Waals surface area contributed by atoms with Crippen LogP contribution in [0.4, 0.5) is 11.4 Å². The maximum absolute atomic E-state index is 10.3. The molecule has 0 bridgehead atoms. The number of carbonyl (C=O) groups excluding carboxylic acids is 2. The largest absolute Gasteiger partial charge is 0.396 e. The Bertz CT molecular complexity index is 858. The second-order valence-electron chi connectivity index (χ2n) is 8.93. The zero-order valence-electron chi connectivity index (χ0n) is 21.9. The van der Waals surface area contributed by atoms with Gasteiger partial charge >= 0.3 is 0 Å². The van der Waals surface area contributed by atoms with Crippen molar-refractivity contribution in [3.05, 3.63) is 59.7 Å². The number of nitrogens with one attached hydrogen (secondary N) is 1. The van der Waals surface area contributed by atoms with Crippen molar-refractivity contribution in [2.24, 2.45) is 11.5 Å². The van der Waals surface area contributed by atoms with Crippen molar-refractivity contribution in [1.82, 2.24) is 0 Å². The summed E-state index contributed by atoms with van der Waals surface area (Å²) in [7, 11) is 0. The summed E-state index contributed by atoms with van der Waals surface area (Å²) in [6.07, 6.45) is 13.9. The van der Waals surface area contributed by atoms with Gasteiger partial charge in [-0.05, 0) is 31.9 Å². The number of aldehydes is 1. The summed E-state index contributed by atoms with van der Waals surface area (Å²) in [5.41, 5.74) is 17.3.